The average Bonchev–Trinajstić information content (AvgIpc) is 3.71. The normalized spacial score (nSPS) is 17.5. The Morgan fingerprint density at radius 2 is 0.703 bits per heavy atom. The third-order valence-corrected chi connectivity index (χ3v) is 9.61. The van der Waals surface area contributed by atoms with Crippen LogP contribution in [0.15, 0.2) is 21.5 Å². The lowest BCUT2D eigenvalue weighted by atomic mass is 10.3. The summed E-state index contributed by atoms with van der Waals surface area (Å²) in [5.74, 6) is 0. The van der Waals surface area contributed by atoms with Crippen molar-refractivity contribution in [1.82, 2.24) is 41.2 Å². The van der Waals surface area contributed by atoms with Crippen molar-refractivity contribution in [3.8, 4) is 22.8 Å². The first-order valence-corrected chi connectivity index (χ1v) is 16.5. The molecule has 0 amide bonds. The van der Waals surface area contributed by atoms with Crippen LogP contribution in [-0.4, -0.2) is 72.3 Å². The van der Waals surface area contributed by atoms with Gasteiger partial charge in [-0.05, 0) is 19.5 Å². The summed E-state index contributed by atoms with van der Waals surface area (Å²) >= 11 is 6.92. The molecule has 0 aromatic carbocycles. The summed E-state index contributed by atoms with van der Waals surface area (Å²) in [5, 5.41) is 27.4. The molecule has 0 fully saturated rings. The van der Waals surface area contributed by atoms with Crippen LogP contribution in [0.5, 0.6) is 0 Å². The second-order valence-corrected chi connectivity index (χ2v) is 12.6. The lowest BCUT2D eigenvalue weighted by Crippen LogP contribution is -2.29. The van der Waals surface area contributed by atoms with Gasteiger partial charge in [-0.3, -0.25) is 0 Å². The molecule has 0 saturated carbocycles. The zero-order chi connectivity index (χ0) is 25.1. The van der Waals surface area contributed by atoms with E-state index in [-0.39, 0.29) is 0 Å². The Balaban J connectivity index is 1.13. The Hall–Kier alpha value is -1.64. The molecule has 4 aromatic rings. The molecule has 0 aliphatic carbocycles. The van der Waals surface area contributed by atoms with Gasteiger partial charge in [0.1, 0.15) is 22.8 Å². The number of fused-ring (bicyclic) bond motifs is 10. The molecular weight excluding hydrogens is 541 g/mol. The lowest BCUT2D eigenvalue weighted by Gasteiger charge is -2.05. The highest BCUT2D eigenvalue weighted by atomic mass is 32.1. The van der Waals surface area contributed by atoms with E-state index >= 15 is 0 Å². The Morgan fingerprint density at radius 3 is 1.03 bits per heavy atom. The fourth-order valence-electron chi connectivity index (χ4n) is 3.97. The van der Waals surface area contributed by atoms with Gasteiger partial charge in [-0.2, -0.15) is 0 Å². The monoisotopic (exact) mass is 574 g/mol. The molecule has 1 aliphatic heterocycles. The van der Waals surface area contributed by atoms with Gasteiger partial charge in [0.25, 0.3) is 0 Å². The van der Waals surface area contributed by atoms with Crippen molar-refractivity contribution in [3.05, 3.63) is 41.6 Å². The zero-order valence-electron chi connectivity index (χ0n) is 20.9. The number of hydrogen-bond donors (Lipinski definition) is 4. The number of aromatic nitrogens is 4. The fourth-order valence-corrected chi connectivity index (χ4v) is 7.14. The minimum absolute atomic E-state index is 0.934. The second-order valence-electron chi connectivity index (χ2n) is 8.86. The van der Waals surface area contributed by atoms with Gasteiger partial charge in [-0.1, -0.05) is 0 Å². The van der Waals surface area contributed by atoms with Crippen LogP contribution in [0.3, 0.4) is 0 Å². The van der Waals surface area contributed by atoms with Crippen LogP contribution >= 0.6 is 45.3 Å². The molecule has 37 heavy (non-hydrogen) atoms. The molecule has 4 aromatic heterocycles. The van der Waals surface area contributed by atoms with Gasteiger partial charge in [0.2, 0.25) is 0 Å². The molecule has 0 atom stereocenters. The summed E-state index contributed by atoms with van der Waals surface area (Å²) in [6.45, 7) is 7.69. The van der Waals surface area contributed by atoms with Crippen LogP contribution in [-0.2, 0) is 25.7 Å². The molecule has 5 heterocycles. The van der Waals surface area contributed by atoms with Gasteiger partial charge in [0.05, 0.1) is 20.0 Å². The fraction of sp³-hybridized carbons (Fsp3) is 0.520. The van der Waals surface area contributed by atoms with Crippen LogP contribution in [0.4, 0.5) is 0 Å². The predicted octanol–water partition coefficient (Wildman–Crippen LogP) is 3.48. The van der Waals surface area contributed by atoms with Gasteiger partial charge in [0.15, 0.2) is 0 Å². The topological polar surface area (TPSA) is 99.7 Å². The summed E-state index contributed by atoms with van der Waals surface area (Å²) in [6, 6.07) is 0. The van der Waals surface area contributed by atoms with Crippen molar-refractivity contribution in [2.75, 3.05) is 52.4 Å². The maximum atomic E-state index is 4.81. The SMILES string of the molecule is c1sc2nc1-c1csc(n1)CCNCCNCCc1nc(cs1)-c1csc(n1)CCNCCCNCC2. The molecule has 4 N–H and O–H groups in total. The van der Waals surface area contributed by atoms with Crippen LogP contribution in [0, 0.1) is 0 Å². The highest BCUT2D eigenvalue weighted by Crippen LogP contribution is 2.25. The summed E-state index contributed by atoms with van der Waals surface area (Å²) in [6.07, 6.45) is 4.92. The molecule has 0 unspecified atom stereocenters. The van der Waals surface area contributed by atoms with E-state index in [0.29, 0.717) is 0 Å². The molecule has 0 radical (unpaired) electrons. The highest BCUT2D eigenvalue weighted by molar-refractivity contribution is 7.11. The molecule has 8 bridgehead atoms. The Morgan fingerprint density at radius 1 is 0.405 bits per heavy atom. The molecule has 0 saturated heterocycles. The first-order valence-electron chi connectivity index (χ1n) is 12.9. The number of nitrogens with one attached hydrogen (secondary N) is 4. The Kier molecular flexibility index (Phi) is 10.6. The van der Waals surface area contributed by atoms with E-state index in [9.17, 15) is 0 Å². The van der Waals surface area contributed by atoms with Crippen LogP contribution in [0.1, 0.15) is 26.5 Å². The molecule has 5 rings (SSSR count). The van der Waals surface area contributed by atoms with E-state index in [1.807, 2.05) is 0 Å². The van der Waals surface area contributed by atoms with Crippen molar-refractivity contribution in [2.24, 2.45) is 0 Å². The van der Waals surface area contributed by atoms with E-state index < -0.39 is 0 Å². The molecule has 0 spiro atoms. The largest absolute Gasteiger partial charge is 0.316 e. The smallest absolute Gasteiger partial charge is 0.101 e. The van der Waals surface area contributed by atoms with E-state index in [1.54, 1.807) is 45.3 Å². The van der Waals surface area contributed by atoms with E-state index in [4.69, 9.17) is 19.9 Å². The second kappa shape index (κ2) is 14.5. The summed E-state index contributed by atoms with van der Waals surface area (Å²) in [7, 11) is 0. The molecule has 198 valence electrons. The van der Waals surface area contributed by atoms with Crippen molar-refractivity contribution in [2.45, 2.75) is 32.1 Å². The summed E-state index contributed by atoms with van der Waals surface area (Å²) in [4.78, 5) is 19.3. The standard InChI is InChI=1S/C25H34N8S4/c1-6-26-8-2-22-30-18(14-34-22)20-16-36-24(32-20)4-10-28-12-13-29-11-5-25-33-21(17-37-25)19-15-35-23(31-19)3-9-27-7-1/h14-17,26-29H,1-13H2. The first kappa shape index (κ1) is 26.9. The van der Waals surface area contributed by atoms with Crippen LogP contribution in [0.25, 0.3) is 22.8 Å². The van der Waals surface area contributed by atoms with Gasteiger partial charge in [-0.15, -0.1) is 45.3 Å². The number of nitrogens with zero attached hydrogens (tertiary/aromatic N) is 4. The summed E-state index contributed by atoms with van der Waals surface area (Å²) < 4.78 is 0. The van der Waals surface area contributed by atoms with Crippen molar-refractivity contribution < 1.29 is 0 Å². The zero-order valence-corrected chi connectivity index (χ0v) is 24.2. The van der Waals surface area contributed by atoms with Crippen molar-refractivity contribution >= 4 is 45.3 Å². The third-order valence-electron chi connectivity index (χ3n) is 5.98. The minimum atomic E-state index is 0.934. The van der Waals surface area contributed by atoms with Crippen molar-refractivity contribution in [3.63, 3.8) is 0 Å². The molecular formula is C25H34N8S4. The lowest BCUT2D eigenvalue weighted by molar-refractivity contribution is 0.595. The Labute approximate surface area is 234 Å². The maximum absolute atomic E-state index is 4.81. The number of hydrogen-bond acceptors (Lipinski definition) is 12. The highest BCUT2D eigenvalue weighted by Gasteiger charge is 2.10. The van der Waals surface area contributed by atoms with E-state index in [2.05, 4.69) is 42.8 Å². The quantitative estimate of drug-likeness (QED) is 0.253. The van der Waals surface area contributed by atoms with Crippen LogP contribution in [0.2, 0.25) is 0 Å². The van der Waals surface area contributed by atoms with Gasteiger partial charge < -0.3 is 21.3 Å². The Bertz CT molecular complexity index is 1120. The van der Waals surface area contributed by atoms with Crippen molar-refractivity contribution in [1.29, 1.82) is 0 Å². The number of thiazole rings is 4. The van der Waals surface area contributed by atoms with Gasteiger partial charge in [-0.25, -0.2) is 19.9 Å². The van der Waals surface area contributed by atoms with E-state index in [0.717, 1.165) is 117 Å². The first-order chi connectivity index (χ1) is 18.3. The van der Waals surface area contributed by atoms with Crippen LogP contribution < -0.4 is 21.3 Å². The molecule has 12 heteroatoms. The molecule has 1 aliphatic rings. The average molecular weight is 575 g/mol. The van der Waals surface area contributed by atoms with Gasteiger partial charge >= 0.3 is 0 Å². The third kappa shape index (κ3) is 8.42. The van der Waals surface area contributed by atoms with E-state index in [1.165, 1.54) is 10.0 Å². The minimum Gasteiger partial charge on any atom is -0.316 e. The van der Waals surface area contributed by atoms with Gasteiger partial charge in [0, 0.05) is 86.5 Å². The predicted molar refractivity (Wildman–Crippen MR) is 157 cm³/mol. The summed E-state index contributed by atoms with van der Waals surface area (Å²) in [5.41, 5.74) is 4.03. The number of rotatable bonds is 0. The molecule has 8 nitrogen and oxygen atoms in total. The maximum Gasteiger partial charge on any atom is 0.101 e.